The van der Waals surface area contributed by atoms with Gasteiger partial charge in [0.15, 0.2) is 0 Å². The number of rotatable bonds is 7. The lowest BCUT2D eigenvalue weighted by molar-refractivity contribution is -0.146. The second-order valence-corrected chi connectivity index (χ2v) is 7.28. The summed E-state index contributed by atoms with van der Waals surface area (Å²) in [7, 11) is 0. The van der Waals surface area contributed by atoms with Crippen molar-refractivity contribution in [2.75, 3.05) is 25.5 Å². The van der Waals surface area contributed by atoms with E-state index >= 15 is 0 Å². The standard InChI is InChI=1S/C15H27NO3S/c1-2-16-15(14(17)18)8-3-4-12(15)7-11-20-13-5-9-19-10-6-13/h12-13,16H,2-11H2,1H3,(H,17,18). The van der Waals surface area contributed by atoms with Gasteiger partial charge in [-0.05, 0) is 50.3 Å². The zero-order chi connectivity index (χ0) is 14.4. The molecular weight excluding hydrogens is 274 g/mol. The van der Waals surface area contributed by atoms with Gasteiger partial charge in [0.25, 0.3) is 0 Å². The summed E-state index contributed by atoms with van der Waals surface area (Å²) < 4.78 is 5.37. The van der Waals surface area contributed by atoms with E-state index in [2.05, 4.69) is 5.32 Å². The van der Waals surface area contributed by atoms with Gasteiger partial charge in [-0.3, -0.25) is 4.79 Å². The van der Waals surface area contributed by atoms with Gasteiger partial charge in [-0.1, -0.05) is 13.3 Å². The van der Waals surface area contributed by atoms with E-state index in [9.17, 15) is 9.90 Å². The number of nitrogens with one attached hydrogen (secondary N) is 1. The van der Waals surface area contributed by atoms with Crippen LogP contribution in [0.25, 0.3) is 0 Å². The van der Waals surface area contributed by atoms with Crippen LogP contribution in [-0.2, 0) is 9.53 Å². The fourth-order valence-corrected chi connectivity index (χ4v) is 4.87. The molecule has 1 aliphatic heterocycles. The summed E-state index contributed by atoms with van der Waals surface area (Å²) in [4.78, 5) is 11.7. The zero-order valence-corrected chi connectivity index (χ0v) is 13.2. The number of carbonyl (C=O) groups is 1. The van der Waals surface area contributed by atoms with Gasteiger partial charge in [0, 0.05) is 18.5 Å². The minimum absolute atomic E-state index is 0.285. The molecule has 5 heteroatoms. The lowest BCUT2D eigenvalue weighted by Gasteiger charge is -2.32. The fraction of sp³-hybridized carbons (Fsp3) is 0.933. The average molecular weight is 301 g/mol. The van der Waals surface area contributed by atoms with Gasteiger partial charge in [-0.25, -0.2) is 0 Å². The predicted octanol–water partition coefficient (Wildman–Crippen LogP) is 2.52. The summed E-state index contributed by atoms with van der Waals surface area (Å²) in [6, 6.07) is 0. The van der Waals surface area contributed by atoms with Gasteiger partial charge >= 0.3 is 5.97 Å². The van der Waals surface area contributed by atoms with E-state index < -0.39 is 11.5 Å². The van der Waals surface area contributed by atoms with Gasteiger partial charge in [0.1, 0.15) is 5.54 Å². The molecule has 1 heterocycles. The predicted molar refractivity (Wildman–Crippen MR) is 82.3 cm³/mol. The molecule has 2 fully saturated rings. The molecule has 2 N–H and O–H groups in total. The maximum absolute atomic E-state index is 11.7. The third-order valence-electron chi connectivity index (χ3n) is 4.68. The van der Waals surface area contributed by atoms with Gasteiger partial charge < -0.3 is 15.2 Å². The normalized spacial score (nSPS) is 31.6. The molecule has 1 saturated heterocycles. The van der Waals surface area contributed by atoms with E-state index in [1.54, 1.807) is 0 Å². The van der Waals surface area contributed by atoms with Crippen molar-refractivity contribution < 1.29 is 14.6 Å². The van der Waals surface area contributed by atoms with Crippen LogP contribution in [0.4, 0.5) is 0 Å². The molecule has 0 aromatic rings. The zero-order valence-electron chi connectivity index (χ0n) is 12.4. The second kappa shape index (κ2) is 7.66. The smallest absolute Gasteiger partial charge is 0.324 e. The largest absolute Gasteiger partial charge is 0.480 e. The topological polar surface area (TPSA) is 58.6 Å². The summed E-state index contributed by atoms with van der Waals surface area (Å²) >= 11 is 2.01. The highest BCUT2D eigenvalue weighted by Gasteiger charge is 2.48. The monoisotopic (exact) mass is 301 g/mol. The fourth-order valence-electron chi connectivity index (χ4n) is 3.59. The number of ether oxygens (including phenoxy) is 1. The minimum Gasteiger partial charge on any atom is -0.480 e. The van der Waals surface area contributed by atoms with E-state index in [1.807, 2.05) is 18.7 Å². The number of hydrogen-bond donors (Lipinski definition) is 2. The minimum atomic E-state index is -0.662. The number of aliphatic carboxylic acids is 1. The number of thioether (sulfide) groups is 1. The highest BCUT2D eigenvalue weighted by molar-refractivity contribution is 7.99. The quantitative estimate of drug-likeness (QED) is 0.757. The molecule has 2 unspecified atom stereocenters. The lowest BCUT2D eigenvalue weighted by Crippen LogP contribution is -2.54. The number of carboxylic acid groups (broad SMARTS) is 1. The Balaban J connectivity index is 1.82. The van der Waals surface area contributed by atoms with E-state index in [4.69, 9.17) is 4.74 Å². The summed E-state index contributed by atoms with van der Waals surface area (Å²) in [5.41, 5.74) is -0.662. The van der Waals surface area contributed by atoms with Crippen LogP contribution in [-0.4, -0.2) is 47.4 Å². The first kappa shape index (κ1) is 16.1. The van der Waals surface area contributed by atoms with Crippen LogP contribution in [0.5, 0.6) is 0 Å². The molecule has 1 aliphatic carbocycles. The van der Waals surface area contributed by atoms with Crippen LogP contribution in [0.1, 0.15) is 45.4 Å². The number of likely N-dealkylation sites (N-methyl/N-ethyl adjacent to an activating group) is 1. The molecule has 0 amide bonds. The average Bonchev–Trinajstić information content (AvgIpc) is 2.85. The van der Waals surface area contributed by atoms with Crippen LogP contribution in [0.2, 0.25) is 0 Å². The summed E-state index contributed by atoms with van der Waals surface area (Å²) in [5.74, 6) is 0.709. The van der Waals surface area contributed by atoms with Gasteiger partial charge in [0.05, 0.1) is 0 Å². The Morgan fingerprint density at radius 3 is 2.80 bits per heavy atom. The molecule has 20 heavy (non-hydrogen) atoms. The summed E-state index contributed by atoms with van der Waals surface area (Å²) in [6.45, 7) is 4.50. The number of hydrogen-bond acceptors (Lipinski definition) is 4. The molecule has 0 aromatic heterocycles. The van der Waals surface area contributed by atoms with Crippen molar-refractivity contribution in [2.45, 2.75) is 56.2 Å². The number of carboxylic acids is 1. The maximum Gasteiger partial charge on any atom is 0.324 e. The van der Waals surface area contributed by atoms with Gasteiger partial charge in [-0.15, -0.1) is 0 Å². The summed E-state index contributed by atoms with van der Waals surface area (Å²) in [6.07, 6.45) is 6.17. The molecule has 2 atom stereocenters. The van der Waals surface area contributed by atoms with Crippen molar-refractivity contribution in [2.24, 2.45) is 5.92 Å². The van der Waals surface area contributed by atoms with Gasteiger partial charge in [-0.2, -0.15) is 11.8 Å². The molecular formula is C15H27NO3S. The molecule has 0 spiro atoms. The van der Waals surface area contributed by atoms with E-state index in [1.165, 1.54) is 0 Å². The van der Waals surface area contributed by atoms with Crippen molar-refractivity contribution in [3.05, 3.63) is 0 Å². The van der Waals surface area contributed by atoms with Crippen LogP contribution in [0, 0.1) is 5.92 Å². The third kappa shape index (κ3) is 3.68. The van der Waals surface area contributed by atoms with Gasteiger partial charge in [0.2, 0.25) is 0 Å². The van der Waals surface area contributed by atoms with E-state index in [0.29, 0.717) is 5.25 Å². The second-order valence-electron chi connectivity index (χ2n) is 5.87. The highest BCUT2D eigenvalue weighted by Crippen LogP contribution is 2.39. The maximum atomic E-state index is 11.7. The first-order valence-electron chi connectivity index (χ1n) is 7.87. The molecule has 4 nitrogen and oxygen atoms in total. The molecule has 0 aromatic carbocycles. The first-order valence-corrected chi connectivity index (χ1v) is 8.91. The SMILES string of the molecule is CCNC1(C(=O)O)CCCC1CCSC1CCOCC1. The van der Waals surface area contributed by atoms with E-state index in [0.717, 1.165) is 64.0 Å². The Hall–Kier alpha value is -0.260. The van der Waals surface area contributed by atoms with Crippen molar-refractivity contribution >= 4 is 17.7 Å². The molecule has 116 valence electrons. The Morgan fingerprint density at radius 1 is 1.40 bits per heavy atom. The molecule has 2 rings (SSSR count). The lowest BCUT2D eigenvalue weighted by atomic mass is 9.85. The van der Waals surface area contributed by atoms with Crippen molar-refractivity contribution in [3.63, 3.8) is 0 Å². The van der Waals surface area contributed by atoms with Crippen LogP contribution in [0.15, 0.2) is 0 Å². The Kier molecular flexibility index (Phi) is 6.18. The molecule has 1 saturated carbocycles. The van der Waals surface area contributed by atoms with E-state index in [-0.39, 0.29) is 5.92 Å². The molecule has 0 bridgehead atoms. The van der Waals surface area contributed by atoms with Crippen molar-refractivity contribution in [1.82, 2.24) is 5.32 Å². The molecule has 2 aliphatic rings. The Labute approximate surface area is 126 Å². The third-order valence-corrected chi connectivity index (χ3v) is 6.10. The van der Waals surface area contributed by atoms with Crippen LogP contribution in [0.3, 0.4) is 0 Å². The van der Waals surface area contributed by atoms with Crippen molar-refractivity contribution in [3.8, 4) is 0 Å². The van der Waals surface area contributed by atoms with Crippen LogP contribution < -0.4 is 5.32 Å². The Bertz CT molecular complexity index is 320. The van der Waals surface area contributed by atoms with Crippen molar-refractivity contribution in [1.29, 1.82) is 0 Å². The summed E-state index contributed by atoms with van der Waals surface area (Å²) in [5, 5.41) is 13.6. The first-order chi connectivity index (χ1) is 9.69. The highest BCUT2D eigenvalue weighted by atomic mass is 32.2. The van der Waals surface area contributed by atoms with Crippen LogP contribution >= 0.6 is 11.8 Å². The Morgan fingerprint density at radius 2 is 2.15 bits per heavy atom. The molecule has 0 radical (unpaired) electrons.